The Balaban J connectivity index is 2.40. The number of nitrogens with zero attached hydrogens (tertiary/aromatic N) is 2. The van der Waals surface area contributed by atoms with Crippen molar-refractivity contribution in [3.05, 3.63) is 39.9 Å². The van der Waals surface area contributed by atoms with Gasteiger partial charge >= 0.3 is 0 Å². The van der Waals surface area contributed by atoms with Gasteiger partial charge in [0.15, 0.2) is 0 Å². The van der Waals surface area contributed by atoms with Crippen molar-refractivity contribution in [1.82, 2.24) is 4.98 Å². The molecule has 3 heteroatoms. The molecule has 0 bridgehead atoms. The van der Waals surface area contributed by atoms with Gasteiger partial charge in [0.2, 0.25) is 0 Å². The van der Waals surface area contributed by atoms with E-state index in [-0.39, 0.29) is 0 Å². The van der Waals surface area contributed by atoms with E-state index in [0.717, 1.165) is 17.1 Å². The van der Waals surface area contributed by atoms with Crippen LogP contribution in [0.1, 0.15) is 28.1 Å². The van der Waals surface area contributed by atoms with Crippen molar-refractivity contribution in [2.24, 2.45) is 0 Å². The summed E-state index contributed by atoms with van der Waals surface area (Å²) in [6.45, 7) is 6.23. The van der Waals surface area contributed by atoms with Crippen LogP contribution in [0.4, 0.5) is 0 Å². The van der Waals surface area contributed by atoms with Gasteiger partial charge in [0, 0.05) is 16.9 Å². The van der Waals surface area contributed by atoms with Crippen molar-refractivity contribution in [2.75, 3.05) is 0 Å². The van der Waals surface area contributed by atoms with E-state index in [9.17, 15) is 0 Å². The van der Waals surface area contributed by atoms with Gasteiger partial charge in [-0.1, -0.05) is 17.7 Å². The number of thiazole rings is 1. The van der Waals surface area contributed by atoms with Crippen LogP contribution in [0, 0.1) is 32.1 Å². The topological polar surface area (TPSA) is 36.7 Å². The molecule has 0 saturated carbocycles. The average Bonchev–Trinajstić information content (AvgIpc) is 2.71. The molecule has 0 fully saturated rings. The Morgan fingerprint density at radius 2 is 2.06 bits per heavy atom. The van der Waals surface area contributed by atoms with E-state index < -0.39 is 0 Å². The standard InChI is InChI=1S/C15H16N2S/c1-10-6-7-11(2)13(9-10)15-17-12(3)14(18-15)5-4-8-16/h6-7,9H,4-5H2,1-3H3. The predicted molar refractivity (Wildman–Crippen MR) is 75.7 cm³/mol. The van der Waals surface area contributed by atoms with Gasteiger partial charge in [-0.15, -0.1) is 11.3 Å². The summed E-state index contributed by atoms with van der Waals surface area (Å²) in [6, 6.07) is 8.63. The van der Waals surface area contributed by atoms with Gasteiger partial charge in [-0.3, -0.25) is 0 Å². The fourth-order valence-electron chi connectivity index (χ4n) is 1.91. The maximum Gasteiger partial charge on any atom is 0.124 e. The number of aromatic nitrogens is 1. The Hall–Kier alpha value is -1.66. The number of hydrogen-bond acceptors (Lipinski definition) is 3. The number of hydrogen-bond donors (Lipinski definition) is 0. The Labute approximate surface area is 112 Å². The van der Waals surface area contributed by atoms with Crippen molar-refractivity contribution < 1.29 is 0 Å². The van der Waals surface area contributed by atoms with Crippen LogP contribution in [0.15, 0.2) is 18.2 Å². The normalized spacial score (nSPS) is 10.3. The van der Waals surface area contributed by atoms with Crippen LogP contribution in [-0.2, 0) is 6.42 Å². The molecule has 2 nitrogen and oxygen atoms in total. The van der Waals surface area contributed by atoms with Crippen LogP contribution in [0.2, 0.25) is 0 Å². The molecule has 0 radical (unpaired) electrons. The maximum absolute atomic E-state index is 8.66. The molecular formula is C15H16N2S. The molecule has 1 aromatic heterocycles. The van der Waals surface area contributed by atoms with Crippen LogP contribution < -0.4 is 0 Å². The van der Waals surface area contributed by atoms with E-state index in [1.165, 1.54) is 21.6 Å². The van der Waals surface area contributed by atoms with E-state index in [1.54, 1.807) is 11.3 Å². The van der Waals surface area contributed by atoms with E-state index in [1.807, 2.05) is 6.92 Å². The fourth-order valence-corrected chi connectivity index (χ4v) is 3.05. The van der Waals surface area contributed by atoms with Gasteiger partial charge in [-0.05, 0) is 38.8 Å². The Bertz CT molecular complexity index is 605. The van der Waals surface area contributed by atoms with E-state index in [0.29, 0.717) is 6.42 Å². The highest BCUT2D eigenvalue weighted by atomic mass is 32.1. The van der Waals surface area contributed by atoms with Crippen molar-refractivity contribution in [2.45, 2.75) is 33.6 Å². The first-order valence-corrected chi connectivity index (χ1v) is 6.84. The molecule has 0 atom stereocenters. The lowest BCUT2D eigenvalue weighted by molar-refractivity contribution is 1.01. The van der Waals surface area contributed by atoms with Crippen LogP contribution in [0.3, 0.4) is 0 Å². The van der Waals surface area contributed by atoms with Crippen molar-refractivity contribution in [3.8, 4) is 16.6 Å². The molecule has 2 rings (SSSR count). The summed E-state index contributed by atoms with van der Waals surface area (Å²) in [7, 11) is 0. The monoisotopic (exact) mass is 256 g/mol. The quantitative estimate of drug-likeness (QED) is 0.825. The molecular weight excluding hydrogens is 240 g/mol. The van der Waals surface area contributed by atoms with Gasteiger partial charge < -0.3 is 0 Å². The summed E-state index contributed by atoms with van der Waals surface area (Å²) >= 11 is 1.71. The van der Waals surface area contributed by atoms with Gasteiger partial charge in [0.25, 0.3) is 0 Å². The molecule has 92 valence electrons. The highest BCUT2D eigenvalue weighted by Crippen LogP contribution is 2.31. The summed E-state index contributed by atoms with van der Waals surface area (Å²) in [5, 5.41) is 9.73. The highest BCUT2D eigenvalue weighted by molar-refractivity contribution is 7.15. The number of benzene rings is 1. The van der Waals surface area contributed by atoms with Crippen LogP contribution in [0.5, 0.6) is 0 Å². The van der Waals surface area contributed by atoms with Crippen molar-refractivity contribution in [1.29, 1.82) is 5.26 Å². The molecule has 0 aliphatic rings. The summed E-state index contributed by atoms with van der Waals surface area (Å²) in [5.41, 5.74) is 4.78. The lowest BCUT2D eigenvalue weighted by Gasteiger charge is -2.03. The molecule has 18 heavy (non-hydrogen) atoms. The zero-order valence-corrected chi connectivity index (χ0v) is 11.8. The Kier molecular flexibility index (Phi) is 3.78. The molecule has 0 amide bonds. The minimum absolute atomic E-state index is 0.565. The molecule has 0 saturated heterocycles. The smallest absolute Gasteiger partial charge is 0.124 e. The molecule has 2 aromatic rings. The SMILES string of the molecule is Cc1ccc(C)c(-c2nc(C)c(CCC#N)s2)c1. The van der Waals surface area contributed by atoms with E-state index in [2.05, 4.69) is 43.1 Å². The second kappa shape index (κ2) is 5.32. The third kappa shape index (κ3) is 2.60. The minimum Gasteiger partial charge on any atom is -0.241 e. The zero-order valence-electron chi connectivity index (χ0n) is 10.9. The maximum atomic E-state index is 8.66. The summed E-state index contributed by atoms with van der Waals surface area (Å²) < 4.78 is 0. The third-order valence-corrected chi connectivity index (χ3v) is 4.23. The second-order valence-electron chi connectivity index (χ2n) is 4.50. The van der Waals surface area contributed by atoms with E-state index in [4.69, 9.17) is 5.26 Å². The lowest BCUT2D eigenvalue weighted by atomic mass is 10.1. The van der Waals surface area contributed by atoms with Crippen LogP contribution in [-0.4, -0.2) is 4.98 Å². The zero-order chi connectivity index (χ0) is 13.1. The largest absolute Gasteiger partial charge is 0.241 e. The molecule has 1 aromatic carbocycles. The van der Waals surface area contributed by atoms with Gasteiger partial charge in [0.1, 0.15) is 5.01 Å². The predicted octanol–water partition coefficient (Wildman–Crippen LogP) is 4.19. The summed E-state index contributed by atoms with van der Waals surface area (Å²) in [4.78, 5) is 5.87. The molecule has 0 N–H and O–H groups in total. The lowest BCUT2D eigenvalue weighted by Crippen LogP contribution is -1.84. The summed E-state index contributed by atoms with van der Waals surface area (Å²) in [5.74, 6) is 0. The molecule has 0 spiro atoms. The van der Waals surface area contributed by atoms with Gasteiger partial charge in [0.05, 0.1) is 11.8 Å². The van der Waals surface area contributed by atoms with Crippen LogP contribution >= 0.6 is 11.3 Å². The molecule has 0 unspecified atom stereocenters. The van der Waals surface area contributed by atoms with Gasteiger partial charge in [-0.25, -0.2) is 4.98 Å². The first-order chi connectivity index (χ1) is 8.61. The Morgan fingerprint density at radius 1 is 1.28 bits per heavy atom. The first kappa shape index (κ1) is 12.8. The van der Waals surface area contributed by atoms with Crippen molar-refractivity contribution in [3.63, 3.8) is 0 Å². The molecule has 0 aliphatic carbocycles. The first-order valence-electron chi connectivity index (χ1n) is 6.02. The number of rotatable bonds is 3. The average molecular weight is 256 g/mol. The molecule has 0 aliphatic heterocycles. The highest BCUT2D eigenvalue weighted by Gasteiger charge is 2.11. The van der Waals surface area contributed by atoms with Crippen LogP contribution in [0.25, 0.3) is 10.6 Å². The third-order valence-electron chi connectivity index (χ3n) is 2.98. The Morgan fingerprint density at radius 3 is 2.78 bits per heavy atom. The van der Waals surface area contributed by atoms with Gasteiger partial charge in [-0.2, -0.15) is 5.26 Å². The second-order valence-corrected chi connectivity index (χ2v) is 5.59. The molecule has 1 heterocycles. The number of nitriles is 1. The van der Waals surface area contributed by atoms with E-state index >= 15 is 0 Å². The number of aryl methyl sites for hydroxylation is 4. The summed E-state index contributed by atoms with van der Waals surface area (Å²) in [6.07, 6.45) is 1.38. The van der Waals surface area contributed by atoms with Crippen molar-refractivity contribution >= 4 is 11.3 Å². The minimum atomic E-state index is 0.565. The fraction of sp³-hybridized carbons (Fsp3) is 0.333.